The molecule has 6 heteroatoms. The fourth-order valence-electron chi connectivity index (χ4n) is 4.87. The first-order chi connectivity index (χ1) is 16.5. The van der Waals surface area contributed by atoms with E-state index in [0.29, 0.717) is 17.4 Å². The highest BCUT2D eigenvalue weighted by molar-refractivity contribution is 5.86. The Morgan fingerprint density at radius 3 is 2.49 bits per heavy atom. The lowest BCUT2D eigenvalue weighted by atomic mass is 9.71. The van der Waals surface area contributed by atoms with Crippen molar-refractivity contribution in [3.8, 4) is 0 Å². The SMILES string of the molecule is CC(=O)OCC1=CC(=O)OC1C/C=C(\CC/C=C(\C)CCC1=C(C)CCCC1(C)C)COC(C)=O. The number of rotatable bonds is 12. The summed E-state index contributed by atoms with van der Waals surface area (Å²) in [6.45, 7) is 12.2. The summed E-state index contributed by atoms with van der Waals surface area (Å²) in [6, 6.07) is 0. The van der Waals surface area contributed by atoms with Gasteiger partial charge in [0.25, 0.3) is 0 Å². The van der Waals surface area contributed by atoms with Gasteiger partial charge >= 0.3 is 17.9 Å². The smallest absolute Gasteiger partial charge is 0.331 e. The third kappa shape index (κ3) is 9.87. The van der Waals surface area contributed by atoms with Crippen LogP contribution in [0.25, 0.3) is 0 Å². The Hall–Kier alpha value is -2.63. The number of esters is 3. The highest BCUT2D eigenvalue weighted by atomic mass is 16.6. The van der Waals surface area contributed by atoms with Crippen molar-refractivity contribution in [1.29, 1.82) is 0 Å². The molecule has 0 aromatic heterocycles. The summed E-state index contributed by atoms with van der Waals surface area (Å²) in [5.41, 5.74) is 6.47. The Morgan fingerprint density at radius 2 is 1.83 bits per heavy atom. The number of cyclic esters (lactones) is 1. The number of hydrogen-bond donors (Lipinski definition) is 0. The van der Waals surface area contributed by atoms with Crippen LogP contribution in [-0.2, 0) is 28.6 Å². The van der Waals surface area contributed by atoms with Crippen molar-refractivity contribution in [1.82, 2.24) is 0 Å². The maximum Gasteiger partial charge on any atom is 0.331 e. The fraction of sp³-hybridized carbons (Fsp3) is 0.621. The Balaban J connectivity index is 1.95. The molecule has 0 spiro atoms. The fourth-order valence-corrected chi connectivity index (χ4v) is 4.87. The van der Waals surface area contributed by atoms with Crippen LogP contribution in [-0.4, -0.2) is 37.2 Å². The van der Waals surface area contributed by atoms with E-state index in [4.69, 9.17) is 14.2 Å². The van der Waals surface area contributed by atoms with Crippen molar-refractivity contribution < 1.29 is 28.6 Å². The van der Waals surface area contributed by atoms with Gasteiger partial charge in [-0.3, -0.25) is 9.59 Å². The van der Waals surface area contributed by atoms with Gasteiger partial charge in [-0.2, -0.15) is 0 Å². The van der Waals surface area contributed by atoms with Crippen LogP contribution in [0.4, 0.5) is 0 Å². The number of hydrogen-bond acceptors (Lipinski definition) is 6. The Kier molecular flexibility index (Phi) is 11.0. The maximum absolute atomic E-state index is 11.7. The molecule has 0 aromatic carbocycles. The third-order valence-electron chi connectivity index (χ3n) is 6.91. The molecule has 1 heterocycles. The van der Waals surface area contributed by atoms with E-state index in [1.165, 1.54) is 44.8 Å². The zero-order chi connectivity index (χ0) is 26.0. The molecule has 35 heavy (non-hydrogen) atoms. The maximum atomic E-state index is 11.7. The monoisotopic (exact) mass is 486 g/mol. The largest absolute Gasteiger partial charge is 0.461 e. The predicted molar refractivity (Wildman–Crippen MR) is 136 cm³/mol. The predicted octanol–water partition coefficient (Wildman–Crippen LogP) is 6.31. The lowest BCUT2D eigenvalue weighted by Gasteiger charge is -2.35. The van der Waals surface area contributed by atoms with Gasteiger partial charge in [0, 0.05) is 31.9 Å². The topological polar surface area (TPSA) is 78.9 Å². The van der Waals surface area contributed by atoms with E-state index in [0.717, 1.165) is 31.3 Å². The molecule has 0 fully saturated rings. The second-order valence-electron chi connectivity index (χ2n) is 10.4. The van der Waals surface area contributed by atoms with Gasteiger partial charge in [0.15, 0.2) is 0 Å². The van der Waals surface area contributed by atoms with E-state index in [-0.39, 0.29) is 19.2 Å². The average Bonchev–Trinajstić information content (AvgIpc) is 3.12. The summed E-state index contributed by atoms with van der Waals surface area (Å²) in [4.78, 5) is 34.2. The van der Waals surface area contributed by atoms with Gasteiger partial charge in [-0.1, -0.05) is 42.7 Å². The van der Waals surface area contributed by atoms with Crippen LogP contribution in [0, 0.1) is 5.41 Å². The van der Waals surface area contributed by atoms with E-state index < -0.39 is 18.0 Å². The molecule has 194 valence electrons. The van der Waals surface area contributed by atoms with Crippen LogP contribution in [0.2, 0.25) is 0 Å². The van der Waals surface area contributed by atoms with Crippen LogP contribution in [0.3, 0.4) is 0 Å². The minimum absolute atomic E-state index is 0.0352. The molecule has 0 aromatic rings. The molecule has 0 bridgehead atoms. The van der Waals surface area contributed by atoms with Gasteiger partial charge < -0.3 is 14.2 Å². The number of ether oxygens (including phenoxy) is 3. The summed E-state index contributed by atoms with van der Waals surface area (Å²) >= 11 is 0. The number of carbonyl (C=O) groups excluding carboxylic acids is 3. The van der Waals surface area contributed by atoms with Crippen molar-refractivity contribution in [2.45, 2.75) is 99.0 Å². The second kappa shape index (κ2) is 13.5. The molecule has 1 atom stereocenters. The first-order valence-electron chi connectivity index (χ1n) is 12.7. The van der Waals surface area contributed by atoms with Crippen LogP contribution in [0.5, 0.6) is 0 Å². The summed E-state index contributed by atoms with van der Waals surface area (Å²) < 4.78 is 15.6. The van der Waals surface area contributed by atoms with Gasteiger partial charge in [0.1, 0.15) is 19.3 Å². The highest BCUT2D eigenvalue weighted by Crippen LogP contribution is 2.42. The molecule has 2 rings (SSSR count). The Morgan fingerprint density at radius 1 is 1.11 bits per heavy atom. The van der Waals surface area contributed by atoms with Crippen molar-refractivity contribution in [2.24, 2.45) is 5.41 Å². The zero-order valence-corrected chi connectivity index (χ0v) is 22.3. The molecule has 0 saturated carbocycles. The van der Waals surface area contributed by atoms with Crippen LogP contribution < -0.4 is 0 Å². The first kappa shape index (κ1) is 28.6. The van der Waals surface area contributed by atoms with Crippen molar-refractivity contribution >= 4 is 17.9 Å². The molecule has 0 saturated heterocycles. The molecule has 2 aliphatic rings. The van der Waals surface area contributed by atoms with E-state index in [2.05, 4.69) is 33.8 Å². The van der Waals surface area contributed by atoms with E-state index in [1.807, 2.05) is 6.08 Å². The summed E-state index contributed by atoms with van der Waals surface area (Å²) in [5.74, 6) is -1.17. The quantitative estimate of drug-likeness (QED) is 0.183. The van der Waals surface area contributed by atoms with Gasteiger partial charge in [0.05, 0.1) is 0 Å². The average molecular weight is 487 g/mol. The zero-order valence-electron chi connectivity index (χ0n) is 22.3. The molecule has 0 amide bonds. The van der Waals surface area contributed by atoms with E-state index in [9.17, 15) is 14.4 Å². The van der Waals surface area contributed by atoms with Gasteiger partial charge in [-0.25, -0.2) is 4.79 Å². The molecule has 0 N–H and O–H groups in total. The van der Waals surface area contributed by atoms with Crippen LogP contribution in [0.1, 0.15) is 92.9 Å². The van der Waals surface area contributed by atoms with Crippen molar-refractivity contribution in [3.05, 3.63) is 46.1 Å². The van der Waals surface area contributed by atoms with Gasteiger partial charge in [-0.05, 0) is 69.8 Å². The molecule has 6 nitrogen and oxygen atoms in total. The summed E-state index contributed by atoms with van der Waals surface area (Å²) in [7, 11) is 0. The van der Waals surface area contributed by atoms with Gasteiger partial charge in [-0.15, -0.1) is 0 Å². The normalized spacial score (nSPS) is 20.5. The van der Waals surface area contributed by atoms with Crippen molar-refractivity contribution in [2.75, 3.05) is 13.2 Å². The highest BCUT2D eigenvalue weighted by Gasteiger charge is 2.28. The van der Waals surface area contributed by atoms with E-state index >= 15 is 0 Å². The second-order valence-corrected chi connectivity index (χ2v) is 10.4. The molecule has 1 unspecified atom stereocenters. The van der Waals surface area contributed by atoms with Crippen LogP contribution in [0.15, 0.2) is 46.1 Å². The first-order valence-corrected chi connectivity index (χ1v) is 12.7. The molecule has 1 aliphatic carbocycles. The summed E-state index contributed by atoms with van der Waals surface area (Å²) in [5, 5.41) is 0. The van der Waals surface area contributed by atoms with E-state index in [1.54, 1.807) is 11.1 Å². The summed E-state index contributed by atoms with van der Waals surface area (Å²) in [6.07, 6.45) is 13.1. The standard InChI is InChI=1S/C29H42O6/c1-20(12-14-26-21(2)10-8-16-29(26,5)6)9-7-11-24(18-33-22(3)30)13-15-27-25(17-28(32)35-27)19-34-23(4)31/h9,13,17,27H,7-8,10-12,14-16,18-19H2,1-6H3/b20-9+,24-13+. The Bertz CT molecular complexity index is 915. The Labute approximate surface area is 210 Å². The van der Waals surface area contributed by atoms with Crippen molar-refractivity contribution in [3.63, 3.8) is 0 Å². The number of carbonyl (C=O) groups is 3. The lowest BCUT2D eigenvalue weighted by Crippen LogP contribution is -2.20. The third-order valence-corrected chi connectivity index (χ3v) is 6.91. The molecular weight excluding hydrogens is 444 g/mol. The molecule has 0 radical (unpaired) electrons. The van der Waals surface area contributed by atoms with Gasteiger partial charge in [0.2, 0.25) is 0 Å². The lowest BCUT2D eigenvalue weighted by molar-refractivity contribution is -0.141. The minimum atomic E-state index is -0.471. The number of allylic oxidation sites excluding steroid dienone is 4. The molecule has 1 aliphatic heterocycles. The molecular formula is C29H42O6. The minimum Gasteiger partial charge on any atom is -0.461 e. The van der Waals surface area contributed by atoms with Crippen LogP contribution >= 0.6 is 0 Å².